The number of nitrogens with two attached hydrogens (primary N) is 1. The second-order valence-corrected chi connectivity index (χ2v) is 9.30. The monoisotopic (exact) mass is 544 g/mol. The van der Waals surface area contributed by atoms with E-state index in [1.54, 1.807) is 18.2 Å². The van der Waals surface area contributed by atoms with Crippen LogP contribution in [-0.2, 0) is 36.9 Å². The topological polar surface area (TPSA) is 114 Å². The van der Waals surface area contributed by atoms with Crippen molar-refractivity contribution < 1.29 is 28.2 Å². The average Bonchev–Trinajstić information content (AvgIpc) is 2.95. The van der Waals surface area contributed by atoms with Gasteiger partial charge in [0.05, 0.1) is 13.2 Å². The lowest BCUT2D eigenvalue weighted by Crippen LogP contribution is -2.56. The summed E-state index contributed by atoms with van der Waals surface area (Å²) in [6.45, 7) is 0.957. The quantitative estimate of drug-likeness (QED) is 0.295. The summed E-state index contributed by atoms with van der Waals surface area (Å²) in [4.78, 5) is 42.0. The number of unbranched alkanes of at least 4 members (excludes halogenated alkanes) is 2. The van der Waals surface area contributed by atoms with Crippen LogP contribution in [0.25, 0.3) is 0 Å². The molecule has 2 atom stereocenters. The van der Waals surface area contributed by atoms with Crippen LogP contribution in [0.15, 0.2) is 54.6 Å². The fourth-order valence-corrected chi connectivity index (χ4v) is 4.00. The van der Waals surface area contributed by atoms with E-state index in [2.05, 4.69) is 5.32 Å². The largest absolute Gasteiger partial charge is 0.374 e. The number of likely N-dealkylation sites (N-methyl/N-ethyl adjacent to an activating group) is 3. The van der Waals surface area contributed by atoms with Crippen molar-refractivity contribution in [2.75, 3.05) is 47.5 Å². The Morgan fingerprint density at radius 2 is 1.62 bits per heavy atom. The molecule has 0 aromatic heterocycles. The van der Waals surface area contributed by atoms with Gasteiger partial charge in [-0.15, -0.1) is 0 Å². The predicted octanol–water partition coefficient (Wildman–Crippen LogP) is 2.13. The first-order chi connectivity index (χ1) is 18.8. The molecule has 2 aromatic carbocycles. The van der Waals surface area contributed by atoms with E-state index in [9.17, 15) is 18.8 Å². The Bertz CT molecular complexity index is 1040. The first-order valence-corrected chi connectivity index (χ1v) is 13.2. The minimum absolute atomic E-state index is 0.0320. The third-order valence-electron chi connectivity index (χ3n) is 6.49. The lowest BCUT2D eigenvalue weighted by atomic mass is 10.0. The molecule has 3 N–H and O–H groups in total. The summed E-state index contributed by atoms with van der Waals surface area (Å²) in [5, 5.41) is 2.55. The van der Waals surface area contributed by atoms with E-state index in [1.807, 2.05) is 30.3 Å². The van der Waals surface area contributed by atoms with E-state index in [0.29, 0.717) is 18.7 Å². The molecule has 214 valence electrons. The maximum Gasteiger partial charge on any atom is 0.249 e. The molecular formula is C29H41FN4O5. The van der Waals surface area contributed by atoms with Gasteiger partial charge in [-0.05, 0) is 43.0 Å². The van der Waals surface area contributed by atoms with Crippen LogP contribution in [0.3, 0.4) is 0 Å². The van der Waals surface area contributed by atoms with Gasteiger partial charge in [-0.2, -0.15) is 0 Å². The molecule has 2 rings (SSSR count). The van der Waals surface area contributed by atoms with Gasteiger partial charge in [-0.3, -0.25) is 14.4 Å². The standard InChI is InChI=1S/C29H41FN4O5/c1-32-28(36)25(18-23-14-8-9-15-24(23)30)34(3)29(37)26(20-39-19-22-12-6-4-7-13-22)33(2)27(35)21-38-17-11-5-10-16-31/h4,6-9,12-15,25-26H,5,10-11,16-21,31H2,1-3H3,(H,32,36)/t25-,26-/m1/s1. The summed E-state index contributed by atoms with van der Waals surface area (Å²) in [6, 6.07) is 13.5. The number of hydrogen-bond acceptors (Lipinski definition) is 6. The van der Waals surface area contributed by atoms with E-state index < -0.39 is 35.6 Å². The first-order valence-electron chi connectivity index (χ1n) is 13.2. The fraction of sp³-hybridized carbons (Fsp3) is 0.483. The fourth-order valence-electron chi connectivity index (χ4n) is 4.00. The Hall–Kier alpha value is -3.34. The van der Waals surface area contributed by atoms with Gasteiger partial charge in [0.2, 0.25) is 17.7 Å². The molecule has 0 heterocycles. The highest BCUT2D eigenvalue weighted by molar-refractivity contribution is 5.92. The van der Waals surface area contributed by atoms with Crippen molar-refractivity contribution >= 4 is 17.7 Å². The third kappa shape index (κ3) is 10.4. The summed E-state index contributed by atoms with van der Waals surface area (Å²) in [5.41, 5.74) is 6.71. The lowest BCUT2D eigenvalue weighted by Gasteiger charge is -2.34. The van der Waals surface area contributed by atoms with Crippen molar-refractivity contribution in [1.82, 2.24) is 15.1 Å². The van der Waals surface area contributed by atoms with Crippen molar-refractivity contribution in [3.63, 3.8) is 0 Å². The summed E-state index contributed by atoms with van der Waals surface area (Å²) in [6.07, 6.45) is 2.54. The number of halogens is 1. The number of rotatable bonds is 17. The second kappa shape index (κ2) is 17.3. The van der Waals surface area contributed by atoms with Crippen molar-refractivity contribution in [3.8, 4) is 0 Å². The Morgan fingerprint density at radius 3 is 2.28 bits per heavy atom. The van der Waals surface area contributed by atoms with Gasteiger partial charge in [0, 0.05) is 34.2 Å². The van der Waals surface area contributed by atoms with Gasteiger partial charge in [0.1, 0.15) is 24.5 Å². The number of carbonyl (C=O) groups excluding carboxylic acids is 3. The van der Waals surface area contributed by atoms with E-state index in [-0.39, 0.29) is 26.2 Å². The Labute approximate surface area is 230 Å². The molecule has 0 spiro atoms. The summed E-state index contributed by atoms with van der Waals surface area (Å²) >= 11 is 0. The molecule has 0 saturated carbocycles. The first kappa shape index (κ1) is 31.9. The van der Waals surface area contributed by atoms with Gasteiger partial charge >= 0.3 is 0 Å². The van der Waals surface area contributed by atoms with Crippen LogP contribution in [-0.4, -0.2) is 87.1 Å². The van der Waals surface area contributed by atoms with Crippen LogP contribution in [0.4, 0.5) is 4.39 Å². The van der Waals surface area contributed by atoms with Crippen LogP contribution < -0.4 is 11.1 Å². The van der Waals surface area contributed by atoms with Gasteiger partial charge in [0.15, 0.2) is 0 Å². The highest BCUT2D eigenvalue weighted by Crippen LogP contribution is 2.15. The molecule has 0 radical (unpaired) electrons. The van der Waals surface area contributed by atoms with Crippen LogP contribution in [0, 0.1) is 5.82 Å². The molecule has 9 nitrogen and oxygen atoms in total. The molecule has 0 saturated heterocycles. The SMILES string of the molecule is CNC(=O)[C@@H](Cc1ccccc1F)N(C)C(=O)[C@@H](COCc1ccccc1)N(C)C(=O)COCCCCCN. The minimum Gasteiger partial charge on any atom is -0.374 e. The number of amides is 3. The molecule has 0 aliphatic carbocycles. The van der Waals surface area contributed by atoms with Gasteiger partial charge in [-0.25, -0.2) is 4.39 Å². The number of carbonyl (C=O) groups is 3. The highest BCUT2D eigenvalue weighted by atomic mass is 19.1. The highest BCUT2D eigenvalue weighted by Gasteiger charge is 2.35. The predicted molar refractivity (Wildman–Crippen MR) is 147 cm³/mol. The molecular weight excluding hydrogens is 503 g/mol. The number of nitrogens with one attached hydrogen (secondary N) is 1. The molecule has 0 aliphatic rings. The molecule has 0 unspecified atom stereocenters. The van der Waals surface area contributed by atoms with Gasteiger partial charge in [-0.1, -0.05) is 48.5 Å². The van der Waals surface area contributed by atoms with Crippen molar-refractivity contribution in [2.24, 2.45) is 5.73 Å². The number of benzene rings is 2. The summed E-state index contributed by atoms with van der Waals surface area (Å²) in [5.74, 6) is -1.82. The van der Waals surface area contributed by atoms with Crippen LogP contribution >= 0.6 is 0 Å². The van der Waals surface area contributed by atoms with Crippen LogP contribution in [0.5, 0.6) is 0 Å². The number of nitrogens with zero attached hydrogens (tertiary/aromatic N) is 2. The molecule has 0 aliphatic heterocycles. The number of hydrogen-bond donors (Lipinski definition) is 2. The summed E-state index contributed by atoms with van der Waals surface area (Å²) < 4.78 is 25.8. The molecule has 3 amide bonds. The van der Waals surface area contributed by atoms with Crippen LogP contribution in [0.2, 0.25) is 0 Å². The normalized spacial score (nSPS) is 12.4. The van der Waals surface area contributed by atoms with Crippen LogP contribution in [0.1, 0.15) is 30.4 Å². The lowest BCUT2D eigenvalue weighted by molar-refractivity contribution is -0.151. The second-order valence-electron chi connectivity index (χ2n) is 9.30. The van der Waals surface area contributed by atoms with E-state index in [0.717, 1.165) is 24.8 Å². The number of ether oxygens (including phenoxy) is 2. The zero-order chi connectivity index (χ0) is 28.6. The molecule has 10 heteroatoms. The van der Waals surface area contributed by atoms with E-state index in [1.165, 1.54) is 37.0 Å². The zero-order valence-electron chi connectivity index (χ0n) is 23.1. The molecule has 0 fully saturated rings. The molecule has 0 bridgehead atoms. The smallest absolute Gasteiger partial charge is 0.249 e. The summed E-state index contributed by atoms with van der Waals surface area (Å²) in [7, 11) is 4.43. The Balaban J connectivity index is 2.17. The molecule has 39 heavy (non-hydrogen) atoms. The zero-order valence-corrected chi connectivity index (χ0v) is 23.1. The maximum atomic E-state index is 14.4. The van der Waals surface area contributed by atoms with Gasteiger partial charge < -0.3 is 30.3 Å². The Morgan fingerprint density at radius 1 is 0.923 bits per heavy atom. The van der Waals surface area contributed by atoms with Crippen molar-refractivity contribution in [3.05, 3.63) is 71.5 Å². The van der Waals surface area contributed by atoms with E-state index >= 15 is 0 Å². The van der Waals surface area contributed by atoms with E-state index in [4.69, 9.17) is 15.2 Å². The van der Waals surface area contributed by atoms with Crippen molar-refractivity contribution in [1.29, 1.82) is 0 Å². The Kier molecular flexibility index (Phi) is 14.1. The van der Waals surface area contributed by atoms with Crippen molar-refractivity contribution in [2.45, 2.75) is 44.4 Å². The molecule has 2 aromatic rings. The minimum atomic E-state index is -1.03. The van der Waals surface area contributed by atoms with Gasteiger partial charge in [0.25, 0.3) is 0 Å². The maximum absolute atomic E-state index is 14.4. The average molecular weight is 545 g/mol. The third-order valence-corrected chi connectivity index (χ3v) is 6.49.